The molecule has 0 bridgehead atoms. The summed E-state index contributed by atoms with van der Waals surface area (Å²) >= 11 is 0. The van der Waals surface area contributed by atoms with Gasteiger partial charge in [-0.15, -0.1) is 5.11 Å². The molecule has 0 unspecified atom stereocenters. The van der Waals surface area contributed by atoms with Crippen LogP contribution >= 0.6 is 0 Å². The number of hydrogen-bond donors (Lipinski definition) is 1. The van der Waals surface area contributed by atoms with Crippen LogP contribution in [0, 0.1) is 10.8 Å². The van der Waals surface area contributed by atoms with Gasteiger partial charge in [0, 0.05) is 36.4 Å². The number of allylic oxidation sites excluding steroid dienone is 1. The van der Waals surface area contributed by atoms with Crippen LogP contribution in [0.1, 0.15) is 33.1 Å². The fourth-order valence-electron chi connectivity index (χ4n) is 5.38. The van der Waals surface area contributed by atoms with Crippen molar-refractivity contribution in [3.63, 3.8) is 0 Å². The van der Waals surface area contributed by atoms with E-state index in [1.807, 2.05) is 0 Å². The van der Waals surface area contributed by atoms with Crippen molar-refractivity contribution in [2.75, 3.05) is 32.5 Å². The van der Waals surface area contributed by atoms with Gasteiger partial charge >= 0.3 is 0 Å². The van der Waals surface area contributed by atoms with Crippen molar-refractivity contribution in [3.05, 3.63) is 22.7 Å². The summed E-state index contributed by atoms with van der Waals surface area (Å²) in [7, 11) is -3.23. The normalized spacial score (nSPS) is 34.1. The highest BCUT2D eigenvalue weighted by Crippen LogP contribution is 2.58. The fourth-order valence-corrected chi connectivity index (χ4v) is 6.32. The standard InChI is InChI=1S/C18H24N4O4S/c1-16(2)4-12-14(13(23)5-16)18(11-6-19-21-15(11)20-12)7-17(26-10-18)8-22(9-17)27(3,24)25/h20H,4-10H2,1-3H3/t18-/m0/s1. The summed E-state index contributed by atoms with van der Waals surface area (Å²) in [6.07, 6.45) is 3.12. The van der Waals surface area contributed by atoms with Gasteiger partial charge in [-0.25, -0.2) is 8.42 Å². The second kappa shape index (κ2) is 5.07. The average molecular weight is 392 g/mol. The van der Waals surface area contributed by atoms with Gasteiger partial charge < -0.3 is 10.1 Å². The SMILES string of the molecule is CC1(C)CC(=O)C2=C(C1)NC1=C(CN=N1)[C@]21COC2(CN(S(C)(=O)=O)C2)C1. The molecule has 9 heteroatoms. The molecule has 0 radical (unpaired) electrons. The number of carbonyl (C=O) groups is 1. The molecule has 5 rings (SSSR count). The molecule has 8 nitrogen and oxygen atoms in total. The Balaban J connectivity index is 1.55. The van der Waals surface area contributed by atoms with Crippen LogP contribution < -0.4 is 5.32 Å². The third-order valence-corrected chi connectivity index (χ3v) is 7.73. The van der Waals surface area contributed by atoms with Crippen molar-refractivity contribution in [2.24, 2.45) is 21.1 Å². The second-order valence-electron chi connectivity index (χ2n) is 9.41. The number of sulfonamides is 1. The van der Waals surface area contributed by atoms with Crippen LogP contribution in [0.15, 0.2) is 32.9 Å². The topological polar surface area (TPSA) is 100 Å². The first-order chi connectivity index (χ1) is 12.5. The highest BCUT2D eigenvalue weighted by atomic mass is 32.2. The number of ketones is 1. The van der Waals surface area contributed by atoms with E-state index in [0.717, 1.165) is 29.1 Å². The first-order valence-corrected chi connectivity index (χ1v) is 11.1. The molecule has 4 aliphatic heterocycles. The van der Waals surface area contributed by atoms with Crippen LogP contribution in [0.2, 0.25) is 0 Å². The molecule has 146 valence electrons. The Labute approximate surface area is 158 Å². The molecule has 0 aromatic carbocycles. The van der Waals surface area contributed by atoms with Gasteiger partial charge in [-0.2, -0.15) is 9.42 Å². The first-order valence-electron chi connectivity index (χ1n) is 9.28. The molecule has 4 heterocycles. The van der Waals surface area contributed by atoms with Gasteiger partial charge in [-0.3, -0.25) is 4.79 Å². The highest BCUT2D eigenvalue weighted by Gasteiger charge is 2.63. The van der Waals surface area contributed by atoms with Gasteiger partial charge in [0.15, 0.2) is 11.6 Å². The van der Waals surface area contributed by atoms with Crippen LogP contribution in [0.5, 0.6) is 0 Å². The molecule has 2 spiro atoms. The van der Waals surface area contributed by atoms with Gasteiger partial charge in [0.2, 0.25) is 10.0 Å². The fraction of sp³-hybridized carbons (Fsp3) is 0.722. The van der Waals surface area contributed by atoms with Gasteiger partial charge in [0.1, 0.15) is 0 Å². The second-order valence-corrected chi connectivity index (χ2v) is 11.4. The van der Waals surface area contributed by atoms with E-state index in [-0.39, 0.29) is 11.2 Å². The number of ether oxygens (including phenoxy) is 1. The largest absolute Gasteiger partial charge is 0.371 e. The van der Waals surface area contributed by atoms with E-state index in [0.29, 0.717) is 39.1 Å². The number of nitrogens with one attached hydrogen (secondary N) is 1. The van der Waals surface area contributed by atoms with Crippen LogP contribution in [-0.2, 0) is 19.6 Å². The summed E-state index contributed by atoms with van der Waals surface area (Å²) in [5, 5.41) is 11.8. The number of carbonyl (C=O) groups excluding carboxylic acids is 1. The summed E-state index contributed by atoms with van der Waals surface area (Å²) in [4.78, 5) is 13.2. The molecule has 0 amide bonds. The van der Waals surface area contributed by atoms with Crippen LogP contribution in [0.3, 0.4) is 0 Å². The number of nitrogens with zero attached hydrogens (tertiary/aromatic N) is 3. The molecular formula is C18H24N4O4S. The Morgan fingerprint density at radius 2 is 1.96 bits per heavy atom. The summed E-state index contributed by atoms with van der Waals surface area (Å²) in [5.41, 5.74) is 1.63. The molecule has 2 saturated heterocycles. The van der Waals surface area contributed by atoms with Crippen molar-refractivity contribution in [2.45, 2.75) is 38.7 Å². The maximum Gasteiger partial charge on any atom is 0.211 e. The predicted octanol–water partition coefficient (Wildman–Crippen LogP) is 1.33. The quantitative estimate of drug-likeness (QED) is 0.726. The Hall–Kier alpha value is -1.58. The van der Waals surface area contributed by atoms with Gasteiger partial charge in [-0.05, 0) is 18.3 Å². The zero-order valence-corrected chi connectivity index (χ0v) is 16.6. The molecule has 1 N–H and O–H groups in total. The van der Waals surface area contributed by atoms with Crippen molar-refractivity contribution in [1.29, 1.82) is 0 Å². The van der Waals surface area contributed by atoms with Crippen molar-refractivity contribution in [1.82, 2.24) is 9.62 Å². The molecular weight excluding hydrogens is 368 g/mol. The highest BCUT2D eigenvalue weighted by molar-refractivity contribution is 7.88. The lowest BCUT2D eigenvalue weighted by atomic mass is 9.61. The minimum absolute atomic E-state index is 0.0986. The Bertz CT molecular complexity index is 956. The van der Waals surface area contributed by atoms with Crippen LogP contribution in [0.4, 0.5) is 0 Å². The first kappa shape index (κ1) is 17.5. The van der Waals surface area contributed by atoms with Crippen LogP contribution in [-0.4, -0.2) is 56.6 Å². The number of rotatable bonds is 1. The van der Waals surface area contributed by atoms with Crippen molar-refractivity contribution >= 4 is 15.8 Å². The lowest BCUT2D eigenvalue weighted by Gasteiger charge is -2.47. The molecule has 0 aromatic heterocycles. The summed E-state index contributed by atoms with van der Waals surface area (Å²) in [6, 6.07) is 0. The third kappa shape index (κ3) is 2.41. The predicted molar refractivity (Wildman–Crippen MR) is 97.1 cm³/mol. The van der Waals surface area contributed by atoms with E-state index in [2.05, 4.69) is 29.4 Å². The number of hydrogen-bond acceptors (Lipinski definition) is 7. The average Bonchev–Trinajstić information content (AvgIpc) is 3.08. The zero-order chi connectivity index (χ0) is 19.2. The summed E-state index contributed by atoms with van der Waals surface area (Å²) in [5.74, 6) is 0.909. The molecule has 1 atom stereocenters. The van der Waals surface area contributed by atoms with Gasteiger partial charge in [-0.1, -0.05) is 13.8 Å². The van der Waals surface area contributed by atoms with Gasteiger partial charge in [0.05, 0.1) is 30.4 Å². The number of azo groups is 1. The van der Waals surface area contributed by atoms with Crippen LogP contribution in [0.25, 0.3) is 0 Å². The van der Waals surface area contributed by atoms with Crippen molar-refractivity contribution < 1.29 is 17.9 Å². The Kier molecular flexibility index (Phi) is 3.29. The van der Waals surface area contributed by atoms with E-state index < -0.39 is 21.0 Å². The van der Waals surface area contributed by atoms with E-state index in [1.54, 1.807) is 0 Å². The molecule has 0 saturated carbocycles. The van der Waals surface area contributed by atoms with Gasteiger partial charge in [0.25, 0.3) is 0 Å². The monoisotopic (exact) mass is 392 g/mol. The van der Waals surface area contributed by atoms with Crippen molar-refractivity contribution in [3.8, 4) is 0 Å². The van der Waals surface area contributed by atoms with E-state index in [1.165, 1.54) is 10.6 Å². The third-order valence-electron chi connectivity index (χ3n) is 6.53. The maximum atomic E-state index is 13.2. The maximum absolute atomic E-state index is 13.2. The molecule has 0 aromatic rings. The lowest BCUT2D eigenvalue weighted by molar-refractivity contribution is -0.119. The Morgan fingerprint density at radius 1 is 1.22 bits per heavy atom. The number of Topliss-reactive ketones (excluding diaryl/α,β-unsaturated/α-hetero) is 1. The van der Waals surface area contributed by atoms with E-state index >= 15 is 0 Å². The minimum Gasteiger partial charge on any atom is -0.371 e. The minimum atomic E-state index is -3.23. The van der Waals surface area contributed by atoms with E-state index in [9.17, 15) is 13.2 Å². The smallest absolute Gasteiger partial charge is 0.211 e. The Morgan fingerprint density at radius 3 is 2.67 bits per heavy atom. The number of dihydropyridines is 1. The summed E-state index contributed by atoms with van der Waals surface area (Å²) < 4.78 is 31.3. The summed E-state index contributed by atoms with van der Waals surface area (Å²) in [6.45, 7) is 5.75. The molecule has 1 aliphatic carbocycles. The molecule has 27 heavy (non-hydrogen) atoms. The molecule has 5 aliphatic rings. The number of fused-ring (bicyclic) bond motifs is 2. The zero-order valence-electron chi connectivity index (χ0n) is 15.8. The lowest BCUT2D eigenvalue weighted by Crippen LogP contribution is -2.63. The molecule has 2 fully saturated rings. The van der Waals surface area contributed by atoms with E-state index in [4.69, 9.17) is 4.74 Å².